The maximum Gasteiger partial charge on any atom is 0.338 e. The Morgan fingerprint density at radius 1 is 0.640 bits per heavy atom. The molecule has 1 fully saturated rings. The third-order valence-corrected chi connectivity index (χ3v) is 15.1. The Balaban J connectivity index is 1.40. The molecule has 0 amide bonds. The molecule has 4 atom stereocenters. The van der Waals surface area contributed by atoms with Crippen molar-refractivity contribution in [2.75, 3.05) is 6.61 Å². The second-order valence-corrected chi connectivity index (χ2v) is 18.9. The molecule has 50 heavy (non-hydrogen) atoms. The smallest absolute Gasteiger partial charge is 0.338 e. The number of benzene rings is 5. The van der Waals surface area contributed by atoms with Crippen LogP contribution in [0.25, 0.3) is 0 Å². The molecule has 6 rings (SSSR count). The van der Waals surface area contributed by atoms with E-state index in [2.05, 4.69) is 45.0 Å². The molecule has 1 aliphatic heterocycles. The van der Waals surface area contributed by atoms with Crippen LogP contribution in [0.3, 0.4) is 0 Å². The fourth-order valence-electron chi connectivity index (χ4n) is 6.44. The van der Waals surface area contributed by atoms with Crippen LogP contribution in [0.5, 0.6) is 0 Å². The van der Waals surface area contributed by atoms with Crippen molar-refractivity contribution in [2.45, 2.75) is 61.4 Å². The molecule has 5 aromatic carbocycles. The van der Waals surface area contributed by atoms with E-state index in [0.717, 1.165) is 20.8 Å². The first-order chi connectivity index (χ1) is 24.2. The Hall–Kier alpha value is -4.47. The normalized spacial score (nSPS) is 19.1. The van der Waals surface area contributed by atoms with Gasteiger partial charge >= 0.3 is 11.9 Å². The Labute approximate surface area is 299 Å². The van der Waals surface area contributed by atoms with Crippen molar-refractivity contribution < 1.29 is 28.2 Å². The molecule has 6 nitrogen and oxygen atoms in total. The highest BCUT2D eigenvalue weighted by molar-refractivity contribution is 7.99. The van der Waals surface area contributed by atoms with Crippen LogP contribution >= 0.6 is 11.8 Å². The van der Waals surface area contributed by atoms with Gasteiger partial charge in [-0.1, -0.05) is 147 Å². The number of aryl methyl sites for hydroxylation is 1. The molecule has 0 aromatic heterocycles. The Bertz CT molecular complexity index is 1810. The van der Waals surface area contributed by atoms with E-state index in [4.69, 9.17) is 18.6 Å². The fraction of sp³-hybridized carbons (Fsp3) is 0.238. The van der Waals surface area contributed by atoms with Gasteiger partial charge in [0.1, 0.15) is 11.5 Å². The zero-order chi connectivity index (χ0) is 35.1. The molecule has 0 spiro atoms. The van der Waals surface area contributed by atoms with Crippen molar-refractivity contribution in [3.05, 3.63) is 162 Å². The second-order valence-electron chi connectivity index (χ2n) is 13.4. The first-order valence-electron chi connectivity index (χ1n) is 16.8. The van der Waals surface area contributed by atoms with Gasteiger partial charge in [0.05, 0.1) is 17.7 Å². The summed E-state index contributed by atoms with van der Waals surface area (Å²) in [5, 5.41) is 1.94. The molecule has 0 bridgehead atoms. The first-order valence-corrected chi connectivity index (χ1v) is 19.6. The van der Waals surface area contributed by atoms with Crippen LogP contribution < -0.4 is 10.4 Å². The van der Waals surface area contributed by atoms with Crippen LogP contribution in [-0.2, 0) is 18.6 Å². The SMILES string of the molecule is Cc1ccc(S[C@H]2O[C@H](CO[Si](c3ccccc3)(c3ccccc3)C(C)(C)C)[C@@H](OC(=O)c3ccccc3)[C@@H]2OC(=O)c2ccccc2)cc1. The van der Waals surface area contributed by atoms with Gasteiger partial charge in [0, 0.05) is 4.90 Å². The van der Waals surface area contributed by atoms with Crippen molar-refractivity contribution in [1.29, 1.82) is 0 Å². The van der Waals surface area contributed by atoms with E-state index in [-0.39, 0.29) is 11.6 Å². The summed E-state index contributed by atoms with van der Waals surface area (Å²) < 4.78 is 26.6. The van der Waals surface area contributed by atoms with Gasteiger partial charge in [-0.05, 0) is 58.7 Å². The predicted octanol–water partition coefficient (Wildman–Crippen LogP) is 7.84. The molecular weight excluding hydrogens is 661 g/mol. The van der Waals surface area contributed by atoms with Crippen molar-refractivity contribution >= 4 is 42.4 Å². The number of thioether (sulfide) groups is 1. The van der Waals surface area contributed by atoms with Gasteiger partial charge in [-0.3, -0.25) is 0 Å². The average Bonchev–Trinajstić information content (AvgIpc) is 3.44. The molecule has 0 unspecified atom stereocenters. The number of rotatable bonds is 11. The predicted molar refractivity (Wildman–Crippen MR) is 201 cm³/mol. The van der Waals surface area contributed by atoms with Gasteiger partial charge in [-0.25, -0.2) is 9.59 Å². The van der Waals surface area contributed by atoms with E-state index in [0.29, 0.717) is 11.1 Å². The van der Waals surface area contributed by atoms with E-state index >= 15 is 0 Å². The molecule has 1 heterocycles. The van der Waals surface area contributed by atoms with Gasteiger partial charge in [-0.2, -0.15) is 0 Å². The molecule has 0 aliphatic carbocycles. The molecule has 256 valence electrons. The van der Waals surface area contributed by atoms with Gasteiger partial charge in [0.2, 0.25) is 0 Å². The molecule has 0 saturated carbocycles. The van der Waals surface area contributed by atoms with Crippen LogP contribution in [-0.4, -0.2) is 50.6 Å². The lowest BCUT2D eigenvalue weighted by Crippen LogP contribution is -2.67. The first kappa shape index (κ1) is 35.4. The van der Waals surface area contributed by atoms with Crippen LogP contribution in [0.1, 0.15) is 47.1 Å². The minimum atomic E-state index is -2.99. The largest absolute Gasteiger partial charge is 0.452 e. The van der Waals surface area contributed by atoms with Crippen molar-refractivity contribution in [1.82, 2.24) is 0 Å². The summed E-state index contributed by atoms with van der Waals surface area (Å²) in [7, 11) is -2.99. The van der Waals surface area contributed by atoms with Gasteiger partial charge in [-0.15, -0.1) is 0 Å². The maximum absolute atomic E-state index is 13.7. The molecule has 5 aromatic rings. The van der Waals surface area contributed by atoms with Crippen LogP contribution in [0, 0.1) is 6.92 Å². The minimum Gasteiger partial charge on any atom is -0.452 e. The zero-order valence-electron chi connectivity index (χ0n) is 28.7. The van der Waals surface area contributed by atoms with E-state index < -0.39 is 44.0 Å². The van der Waals surface area contributed by atoms with Crippen molar-refractivity contribution in [3.63, 3.8) is 0 Å². The summed E-state index contributed by atoms with van der Waals surface area (Å²) in [5.74, 6) is -1.06. The summed E-state index contributed by atoms with van der Waals surface area (Å²) in [6, 6.07) is 46.4. The number of esters is 2. The molecule has 0 radical (unpaired) electrons. The van der Waals surface area contributed by atoms with Crippen LogP contribution in [0.2, 0.25) is 5.04 Å². The lowest BCUT2D eigenvalue weighted by atomic mass is 10.1. The van der Waals surface area contributed by atoms with Crippen molar-refractivity contribution in [3.8, 4) is 0 Å². The minimum absolute atomic E-state index is 0.102. The van der Waals surface area contributed by atoms with E-state index in [1.165, 1.54) is 11.8 Å². The Morgan fingerprint density at radius 3 is 1.54 bits per heavy atom. The second kappa shape index (κ2) is 15.6. The molecular formula is C42H42O6SSi. The standard InChI is InChI=1S/C42H42O6SSi/c1-30-25-27-33(28-26-30)49-41-38(48-40(44)32-19-11-6-12-20-32)37(47-39(43)31-17-9-5-10-18-31)36(46-41)29-45-50(42(2,3)4,34-21-13-7-14-22-34)35-23-15-8-16-24-35/h5-28,36-38,41H,29H2,1-4H3/t36-,37-,38+,41-/m1/s1. The van der Waals surface area contributed by atoms with Gasteiger partial charge < -0.3 is 18.6 Å². The summed E-state index contributed by atoms with van der Waals surface area (Å²) in [5.41, 5.74) is 1.22. The quantitative estimate of drug-likeness (QED) is 0.103. The molecule has 8 heteroatoms. The van der Waals surface area contributed by atoms with Crippen LogP contribution in [0.4, 0.5) is 0 Å². The monoisotopic (exact) mass is 702 g/mol. The topological polar surface area (TPSA) is 71.1 Å². The highest BCUT2D eigenvalue weighted by Gasteiger charge is 2.54. The third kappa shape index (κ3) is 7.79. The van der Waals surface area contributed by atoms with Gasteiger partial charge in [0.25, 0.3) is 8.32 Å². The van der Waals surface area contributed by atoms with Crippen molar-refractivity contribution in [2.24, 2.45) is 0 Å². The van der Waals surface area contributed by atoms with Gasteiger partial charge in [0.15, 0.2) is 12.2 Å². The highest BCUT2D eigenvalue weighted by Crippen LogP contribution is 2.41. The van der Waals surface area contributed by atoms with Crippen LogP contribution in [0.15, 0.2) is 150 Å². The number of ether oxygens (including phenoxy) is 3. The van der Waals surface area contributed by atoms with E-state index in [9.17, 15) is 9.59 Å². The van der Waals surface area contributed by atoms with E-state index in [1.807, 2.05) is 79.7 Å². The zero-order valence-corrected chi connectivity index (χ0v) is 30.5. The number of carbonyl (C=O) groups excluding carboxylic acids is 2. The summed E-state index contributed by atoms with van der Waals surface area (Å²) in [6.45, 7) is 8.76. The fourth-order valence-corrected chi connectivity index (χ4v) is 12.1. The Kier molecular flexibility index (Phi) is 11.0. The third-order valence-electron chi connectivity index (χ3n) is 8.93. The summed E-state index contributed by atoms with van der Waals surface area (Å²) >= 11 is 1.43. The summed E-state index contributed by atoms with van der Waals surface area (Å²) in [4.78, 5) is 28.2. The lowest BCUT2D eigenvalue weighted by Gasteiger charge is -2.43. The molecule has 1 aliphatic rings. The maximum atomic E-state index is 13.7. The molecule has 1 saturated heterocycles. The number of carbonyl (C=O) groups is 2. The molecule has 0 N–H and O–H groups in total. The van der Waals surface area contributed by atoms with E-state index in [1.54, 1.807) is 48.5 Å². The average molecular weight is 703 g/mol. The number of hydrogen-bond donors (Lipinski definition) is 0. The Morgan fingerprint density at radius 2 is 1.08 bits per heavy atom. The highest BCUT2D eigenvalue weighted by atomic mass is 32.2. The lowest BCUT2D eigenvalue weighted by molar-refractivity contribution is -0.0373. The summed E-state index contributed by atoms with van der Waals surface area (Å²) in [6.07, 6.45) is -2.65. The number of hydrogen-bond acceptors (Lipinski definition) is 7.